The quantitative estimate of drug-likeness (QED) is 0.716. The first kappa shape index (κ1) is 15.2. The predicted molar refractivity (Wildman–Crippen MR) is 77.0 cm³/mol. The van der Waals surface area contributed by atoms with Crippen LogP contribution in [0.4, 0.5) is 0 Å². The molecule has 1 N–H and O–H groups in total. The van der Waals surface area contributed by atoms with E-state index in [1.165, 1.54) is 11.1 Å². The van der Waals surface area contributed by atoms with Gasteiger partial charge in [0.2, 0.25) is 0 Å². The van der Waals surface area contributed by atoms with E-state index in [1.54, 1.807) is 0 Å². The number of hydrogen-bond donors (Lipinski definition) is 1. The molecule has 0 spiro atoms. The third-order valence-electron chi connectivity index (χ3n) is 2.92. The Morgan fingerprint density at radius 1 is 1.28 bits per heavy atom. The highest BCUT2D eigenvalue weighted by atomic mass is 16.5. The van der Waals surface area contributed by atoms with Crippen molar-refractivity contribution in [3.8, 4) is 0 Å². The average Bonchev–Trinajstić information content (AvgIpc) is 2.33. The number of rotatable bonds is 8. The van der Waals surface area contributed by atoms with E-state index in [1.807, 2.05) is 0 Å². The second-order valence-corrected chi connectivity index (χ2v) is 5.01. The van der Waals surface area contributed by atoms with E-state index in [4.69, 9.17) is 4.74 Å². The molecule has 0 aliphatic heterocycles. The molecule has 102 valence electrons. The van der Waals surface area contributed by atoms with Gasteiger partial charge in [0.1, 0.15) is 0 Å². The molecule has 1 aromatic carbocycles. The van der Waals surface area contributed by atoms with Crippen molar-refractivity contribution < 1.29 is 4.74 Å². The molecule has 0 aliphatic rings. The van der Waals surface area contributed by atoms with Crippen LogP contribution in [0.3, 0.4) is 0 Å². The maximum atomic E-state index is 5.55. The van der Waals surface area contributed by atoms with Gasteiger partial charge in [0.15, 0.2) is 0 Å². The molecule has 0 amide bonds. The summed E-state index contributed by atoms with van der Waals surface area (Å²) in [6.45, 7) is 7.75. The number of likely N-dealkylation sites (N-methyl/N-ethyl adjacent to an activating group) is 1. The van der Waals surface area contributed by atoms with Gasteiger partial charge in [-0.2, -0.15) is 0 Å². The van der Waals surface area contributed by atoms with E-state index in [0.717, 1.165) is 26.3 Å². The summed E-state index contributed by atoms with van der Waals surface area (Å²) in [5.74, 6) is 0. The minimum Gasteiger partial charge on any atom is -0.379 e. The number of nitrogens with zero attached hydrogens (tertiary/aromatic N) is 1. The van der Waals surface area contributed by atoms with Crippen molar-refractivity contribution >= 4 is 0 Å². The molecule has 1 atom stereocenters. The van der Waals surface area contributed by atoms with Gasteiger partial charge >= 0.3 is 0 Å². The maximum Gasteiger partial charge on any atom is 0.0593 e. The summed E-state index contributed by atoms with van der Waals surface area (Å²) in [6.07, 6.45) is 0. The van der Waals surface area contributed by atoms with E-state index in [-0.39, 0.29) is 0 Å². The first-order valence-electron chi connectivity index (χ1n) is 6.62. The first-order valence-corrected chi connectivity index (χ1v) is 6.62. The third-order valence-corrected chi connectivity index (χ3v) is 2.92. The van der Waals surface area contributed by atoms with Crippen LogP contribution < -0.4 is 5.32 Å². The van der Waals surface area contributed by atoms with Crippen molar-refractivity contribution in [1.82, 2.24) is 10.2 Å². The Hall–Kier alpha value is -0.900. The lowest BCUT2D eigenvalue weighted by Crippen LogP contribution is -2.25. The van der Waals surface area contributed by atoms with Crippen LogP contribution in [0.1, 0.15) is 24.1 Å². The zero-order chi connectivity index (χ0) is 13.4. The number of hydrogen-bond acceptors (Lipinski definition) is 3. The Morgan fingerprint density at radius 2 is 2.06 bits per heavy atom. The van der Waals surface area contributed by atoms with Crippen LogP contribution in [0.2, 0.25) is 0 Å². The van der Waals surface area contributed by atoms with Crippen molar-refractivity contribution in [3.63, 3.8) is 0 Å². The molecule has 0 saturated heterocycles. The number of aryl methyl sites for hydroxylation is 1. The van der Waals surface area contributed by atoms with E-state index in [2.05, 4.69) is 62.4 Å². The van der Waals surface area contributed by atoms with Gasteiger partial charge in [0.05, 0.1) is 13.2 Å². The number of benzene rings is 1. The summed E-state index contributed by atoms with van der Waals surface area (Å²) < 4.78 is 5.55. The highest BCUT2D eigenvalue weighted by Gasteiger charge is 2.03. The predicted octanol–water partition coefficient (Wildman–Crippen LogP) is 2.22. The lowest BCUT2D eigenvalue weighted by atomic mass is 10.1. The largest absolute Gasteiger partial charge is 0.379 e. The number of nitrogens with one attached hydrogen (secondary N) is 1. The summed E-state index contributed by atoms with van der Waals surface area (Å²) in [5.41, 5.74) is 2.65. The molecule has 18 heavy (non-hydrogen) atoms. The summed E-state index contributed by atoms with van der Waals surface area (Å²) >= 11 is 0. The lowest BCUT2D eigenvalue weighted by molar-refractivity contribution is 0.118. The van der Waals surface area contributed by atoms with Crippen molar-refractivity contribution in [3.05, 3.63) is 35.4 Å². The van der Waals surface area contributed by atoms with Crippen molar-refractivity contribution in [2.24, 2.45) is 0 Å². The Labute approximate surface area is 111 Å². The van der Waals surface area contributed by atoms with Gasteiger partial charge in [-0.1, -0.05) is 29.8 Å². The van der Waals surface area contributed by atoms with E-state index in [9.17, 15) is 0 Å². The highest BCUT2D eigenvalue weighted by Crippen LogP contribution is 2.13. The van der Waals surface area contributed by atoms with Crippen molar-refractivity contribution in [2.75, 3.05) is 40.4 Å². The maximum absolute atomic E-state index is 5.55. The summed E-state index contributed by atoms with van der Waals surface area (Å²) in [5, 5.41) is 3.48. The smallest absolute Gasteiger partial charge is 0.0593 e. The Bertz CT molecular complexity index is 339. The van der Waals surface area contributed by atoms with Crippen LogP contribution in [-0.2, 0) is 4.74 Å². The van der Waals surface area contributed by atoms with Crippen LogP contribution in [0.25, 0.3) is 0 Å². The summed E-state index contributed by atoms with van der Waals surface area (Å²) in [4.78, 5) is 2.13. The molecule has 3 heteroatoms. The molecular formula is C15H26N2O. The van der Waals surface area contributed by atoms with E-state index < -0.39 is 0 Å². The normalized spacial score (nSPS) is 12.9. The Balaban J connectivity index is 2.15. The summed E-state index contributed by atoms with van der Waals surface area (Å²) in [7, 11) is 4.11. The zero-order valence-corrected chi connectivity index (χ0v) is 12.1. The number of ether oxygens (including phenoxy) is 1. The fraction of sp³-hybridized carbons (Fsp3) is 0.600. The molecule has 0 saturated carbocycles. The van der Waals surface area contributed by atoms with Gasteiger partial charge in [0.25, 0.3) is 0 Å². The molecule has 0 aromatic heterocycles. The molecule has 0 radical (unpaired) electrons. The minimum absolute atomic E-state index is 0.377. The Kier molecular flexibility index (Phi) is 6.94. The van der Waals surface area contributed by atoms with Gasteiger partial charge in [-0.3, -0.25) is 0 Å². The molecule has 1 unspecified atom stereocenters. The minimum atomic E-state index is 0.377. The lowest BCUT2D eigenvalue weighted by Gasteiger charge is -2.15. The standard InChI is InChI=1S/C15H26N2O/c1-13-6-5-7-15(12-13)14(2)16-8-10-18-11-9-17(3)4/h5-7,12,14,16H,8-11H2,1-4H3. The van der Waals surface area contributed by atoms with Gasteiger partial charge in [-0.05, 0) is 33.5 Å². The second kappa shape index (κ2) is 8.25. The van der Waals surface area contributed by atoms with Gasteiger partial charge in [-0.25, -0.2) is 0 Å². The van der Waals surface area contributed by atoms with E-state index >= 15 is 0 Å². The molecule has 1 aromatic rings. The third kappa shape index (κ3) is 6.15. The van der Waals surface area contributed by atoms with Crippen LogP contribution in [0, 0.1) is 6.92 Å². The first-order chi connectivity index (χ1) is 8.59. The van der Waals surface area contributed by atoms with Crippen LogP contribution in [-0.4, -0.2) is 45.3 Å². The van der Waals surface area contributed by atoms with Gasteiger partial charge in [0, 0.05) is 19.1 Å². The van der Waals surface area contributed by atoms with E-state index in [0.29, 0.717) is 6.04 Å². The topological polar surface area (TPSA) is 24.5 Å². The van der Waals surface area contributed by atoms with Crippen molar-refractivity contribution in [1.29, 1.82) is 0 Å². The SMILES string of the molecule is Cc1cccc(C(C)NCCOCCN(C)C)c1. The fourth-order valence-electron chi connectivity index (χ4n) is 1.75. The zero-order valence-electron chi connectivity index (χ0n) is 12.1. The van der Waals surface area contributed by atoms with Crippen molar-refractivity contribution in [2.45, 2.75) is 19.9 Å². The van der Waals surface area contributed by atoms with Gasteiger partial charge in [-0.15, -0.1) is 0 Å². The molecule has 0 bridgehead atoms. The van der Waals surface area contributed by atoms with Crippen LogP contribution in [0.15, 0.2) is 24.3 Å². The van der Waals surface area contributed by atoms with Gasteiger partial charge < -0.3 is 15.0 Å². The molecular weight excluding hydrogens is 224 g/mol. The average molecular weight is 250 g/mol. The monoisotopic (exact) mass is 250 g/mol. The fourth-order valence-corrected chi connectivity index (χ4v) is 1.75. The second-order valence-electron chi connectivity index (χ2n) is 5.01. The molecule has 0 aliphatic carbocycles. The molecule has 1 rings (SSSR count). The molecule has 0 heterocycles. The molecule has 3 nitrogen and oxygen atoms in total. The molecule has 0 fully saturated rings. The summed E-state index contributed by atoms with van der Waals surface area (Å²) in [6, 6.07) is 9.00. The Morgan fingerprint density at radius 3 is 2.72 bits per heavy atom. The van der Waals surface area contributed by atoms with Crippen LogP contribution >= 0.6 is 0 Å². The highest BCUT2D eigenvalue weighted by molar-refractivity contribution is 5.24. The van der Waals surface area contributed by atoms with Crippen LogP contribution in [0.5, 0.6) is 0 Å².